The first-order valence-electron chi connectivity index (χ1n) is 5.10. The predicted octanol–water partition coefficient (Wildman–Crippen LogP) is 0.287. The first-order chi connectivity index (χ1) is 6.71. The first-order valence-corrected chi connectivity index (χ1v) is 5.10. The van der Waals surface area contributed by atoms with Crippen LogP contribution in [0.25, 0.3) is 0 Å². The van der Waals surface area contributed by atoms with Gasteiger partial charge in [-0.25, -0.2) is 0 Å². The summed E-state index contributed by atoms with van der Waals surface area (Å²) in [7, 11) is 1.40. The maximum Gasteiger partial charge on any atom is 0.313 e. The molecular weight excluding hydrogens is 182 g/mol. The lowest BCUT2D eigenvalue weighted by atomic mass is 9.78. The number of ether oxygens (including phenoxy) is 1. The van der Waals surface area contributed by atoms with E-state index in [2.05, 4.69) is 0 Å². The van der Waals surface area contributed by atoms with Crippen molar-refractivity contribution in [1.29, 1.82) is 0 Å². The van der Waals surface area contributed by atoms with E-state index in [9.17, 15) is 4.79 Å². The predicted molar refractivity (Wildman–Crippen MR) is 52.5 cm³/mol. The molecule has 1 rings (SSSR count). The third-order valence-corrected chi connectivity index (χ3v) is 3.10. The number of hydrogen-bond acceptors (Lipinski definition) is 4. The van der Waals surface area contributed by atoms with Crippen LogP contribution in [0.5, 0.6) is 0 Å². The van der Waals surface area contributed by atoms with Crippen LogP contribution in [0.1, 0.15) is 25.7 Å². The quantitative estimate of drug-likeness (QED) is 0.606. The Morgan fingerprint density at radius 3 is 2.64 bits per heavy atom. The summed E-state index contributed by atoms with van der Waals surface area (Å²) < 4.78 is 4.80. The first kappa shape index (κ1) is 11.5. The molecule has 4 heteroatoms. The molecule has 4 nitrogen and oxygen atoms in total. The van der Waals surface area contributed by atoms with Crippen LogP contribution in [0.15, 0.2) is 0 Å². The van der Waals surface area contributed by atoms with E-state index in [0.29, 0.717) is 25.3 Å². The van der Waals surface area contributed by atoms with Crippen molar-refractivity contribution in [3.05, 3.63) is 0 Å². The summed E-state index contributed by atoms with van der Waals surface area (Å²) in [5.41, 5.74) is 5.15. The third-order valence-electron chi connectivity index (χ3n) is 3.10. The van der Waals surface area contributed by atoms with Crippen LogP contribution < -0.4 is 5.73 Å². The molecule has 0 spiro atoms. The van der Waals surface area contributed by atoms with Gasteiger partial charge in [0.1, 0.15) is 0 Å². The number of rotatable bonds is 6. The Kier molecular flexibility index (Phi) is 3.89. The second-order valence-corrected chi connectivity index (χ2v) is 3.95. The number of aliphatic hydroxyl groups is 1. The zero-order valence-corrected chi connectivity index (χ0v) is 8.66. The maximum absolute atomic E-state index is 11.7. The molecule has 1 aliphatic carbocycles. The topological polar surface area (TPSA) is 72.5 Å². The van der Waals surface area contributed by atoms with Crippen molar-refractivity contribution < 1.29 is 14.6 Å². The highest BCUT2D eigenvalue weighted by Gasteiger charge is 2.50. The van der Waals surface area contributed by atoms with Gasteiger partial charge in [0.05, 0.1) is 12.5 Å². The Balaban J connectivity index is 2.69. The second-order valence-electron chi connectivity index (χ2n) is 3.95. The number of nitrogens with two attached hydrogens (primary N) is 1. The molecule has 0 aliphatic heterocycles. The van der Waals surface area contributed by atoms with Crippen molar-refractivity contribution in [3.8, 4) is 0 Å². The highest BCUT2D eigenvalue weighted by Crippen LogP contribution is 2.48. The van der Waals surface area contributed by atoms with Crippen LogP contribution in [-0.2, 0) is 9.53 Å². The Labute approximate surface area is 84.4 Å². The van der Waals surface area contributed by atoms with E-state index in [1.165, 1.54) is 7.11 Å². The van der Waals surface area contributed by atoms with Crippen LogP contribution in [0.4, 0.5) is 0 Å². The molecule has 0 aromatic heterocycles. The van der Waals surface area contributed by atoms with E-state index < -0.39 is 5.41 Å². The summed E-state index contributed by atoms with van der Waals surface area (Å²) in [6, 6.07) is 0. The lowest BCUT2D eigenvalue weighted by Crippen LogP contribution is -2.41. The van der Waals surface area contributed by atoms with E-state index in [4.69, 9.17) is 15.6 Å². The van der Waals surface area contributed by atoms with Gasteiger partial charge in [0.25, 0.3) is 0 Å². The fraction of sp³-hybridized carbons (Fsp3) is 0.900. The fourth-order valence-corrected chi connectivity index (χ4v) is 2.06. The summed E-state index contributed by atoms with van der Waals surface area (Å²) in [5, 5.41) is 8.79. The second kappa shape index (κ2) is 4.75. The molecule has 3 N–H and O–H groups in total. The van der Waals surface area contributed by atoms with Gasteiger partial charge in [0.15, 0.2) is 0 Å². The van der Waals surface area contributed by atoms with Crippen molar-refractivity contribution in [3.63, 3.8) is 0 Å². The van der Waals surface area contributed by atoms with Crippen molar-refractivity contribution in [1.82, 2.24) is 0 Å². The number of carbonyl (C=O) groups excluding carboxylic acids is 1. The van der Waals surface area contributed by atoms with Crippen molar-refractivity contribution in [2.24, 2.45) is 17.1 Å². The molecule has 1 aliphatic rings. The normalized spacial score (nSPS) is 20.2. The molecule has 0 aromatic rings. The molecule has 0 heterocycles. The monoisotopic (exact) mass is 201 g/mol. The lowest BCUT2D eigenvalue weighted by molar-refractivity contribution is -0.154. The summed E-state index contributed by atoms with van der Waals surface area (Å²) in [4.78, 5) is 11.7. The molecule has 0 radical (unpaired) electrons. The summed E-state index contributed by atoms with van der Waals surface area (Å²) in [6.45, 7) is 0.426. The van der Waals surface area contributed by atoms with Gasteiger partial charge < -0.3 is 15.6 Å². The maximum atomic E-state index is 11.7. The largest absolute Gasteiger partial charge is 0.469 e. The number of methoxy groups -OCH3 is 1. The Hall–Kier alpha value is -0.610. The van der Waals surface area contributed by atoms with Gasteiger partial charge in [0, 0.05) is 13.2 Å². The van der Waals surface area contributed by atoms with Crippen molar-refractivity contribution in [2.45, 2.75) is 25.7 Å². The molecule has 0 saturated heterocycles. The van der Waals surface area contributed by atoms with Crippen LogP contribution in [-0.4, -0.2) is 31.3 Å². The average Bonchev–Trinajstić information content (AvgIpc) is 3.03. The lowest BCUT2D eigenvalue weighted by Gasteiger charge is -2.29. The molecule has 1 atom stereocenters. The van der Waals surface area contributed by atoms with Gasteiger partial charge >= 0.3 is 5.97 Å². The molecule has 1 saturated carbocycles. The highest BCUT2D eigenvalue weighted by atomic mass is 16.5. The molecule has 0 bridgehead atoms. The molecule has 14 heavy (non-hydrogen) atoms. The van der Waals surface area contributed by atoms with Crippen molar-refractivity contribution >= 4 is 5.97 Å². The van der Waals surface area contributed by atoms with E-state index in [1.807, 2.05) is 0 Å². The molecule has 1 fully saturated rings. The Bertz CT molecular complexity index is 204. The summed E-state index contributed by atoms with van der Waals surface area (Å²) in [6.07, 6.45) is 3.36. The minimum atomic E-state index is -0.530. The number of esters is 1. The van der Waals surface area contributed by atoms with Crippen LogP contribution in [0.2, 0.25) is 0 Å². The summed E-state index contributed by atoms with van der Waals surface area (Å²) >= 11 is 0. The Morgan fingerprint density at radius 2 is 2.29 bits per heavy atom. The van der Waals surface area contributed by atoms with Gasteiger partial charge in [-0.3, -0.25) is 4.79 Å². The van der Waals surface area contributed by atoms with Crippen LogP contribution in [0.3, 0.4) is 0 Å². The summed E-state index contributed by atoms with van der Waals surface area (Å²) in [5.74, 6) is 0.155. The molecule has 0 aromatic carbocycles. The molecule has 0 amide bonds. The van der Waals surface area contributed by atoms with E-state index in [1.54, 1.807) is 0 Å². The van der Waals surface area contributed by atoms with E-state index in [-0.39, 0.29) is 12.6 Å². The fourth-order valence-electron chi connectivity index (χ4n) is 2.06. The van der Waals surface area contributed by atoms with Gasteiger partial charge in [-0.1, -0.05) is 0 Å². The zero-order valence-electron chi connectivity index (χ0n) is 8.66. The van der Waals surface area contributed by atoms with E-state index in [0.717, 1.165) is 12.8 Å². The van der Waals surface area contributed by atoms with Gasteiger partial charge in [-0.15, -0.1) is 0 Å². The average molecular weight is 201 g/mol. The smallest absolute Gasteiger partial charge is 0.313 e. The number of aliphatic hydroxyl groups excluding tert-OH is 1. The van der Waals surface area contributed by atoms with Crippen LogP contribution >= 0.6 is 0 Å². The minimum absolute atomic E-state index is 0.103. The Morgan fingerprint density at radius 1 is 1.64 bits per heavy atom. The van der Waals surface area contributed by atoms with Gasteiger partial charge in [-0.05, 0) is 31.6 Å². The number of hydrogen-bond donors (Lipinski definition) is 2. The highest BCUT2D eigenvalue weighted by molar-refractivity contribution is 5.78. The molecule has 1 unspecified atom stereocenters. The minimum Gasteiger partial charge on any atom is -0.469 e. The third kappa shape index (κ3) is 2.07. The molecular formula is C10H19NO3. The van der Waals surface area contributed by atoms with Gasteiger partial charge in [-0.2, -0.15) is 0 Å². The van der Waals surface area contributed by atoms with E-state index >= 15 is 0 Å². The molecule has 82 valence electrons. The van der Waals surface area contributed by atoms with Crippen LogP contribution in [0, 0.1) is 11.3 Å². The van der Waals surface area contributed by atoms with Gasteiger partial charge in [0.2, 0.25) is 0 Å². The zero-order chi connectivity index (χ0) is 10.6. The number of carbonyl (C=O) groups is 1. The van der Waals surface area contributed by atoms with Crippen molar-refractivity contribution in [2.75, 3.05) is 20.3 Å². The SMILES string of the molecule is COC(=O)C(CN)(CCCO)C1CC1. The standard InChI is InChI=1S/C10H19NO3/c1-14-9(13)10(7-11,5-2-6-12)8-3-4-8/h8,12H,2-7,11H2,1H3.